The van der Waals surface area contributed by atoms with E-state index in [1.807, 2.05) is 18.4 Å². The second-order valence-electron chi connectivity index (χ2n) is 6.00. The van der Waals surface area contributed by atoms with Crippen molar-refractivity contribution in [3.63, 3.8) is 0 Å². The number of rotatable bonds is 6. The molecule has 1 atom stereocenters. The van der Waals surface area contributed by atoms with Crippen molar-refractivity contribution in [3.8, 4) is 0 Å². The number of hydrogen-bond acceptors (Lipinski definition) is 5. The molecule has 0 radical (unpaired) electrons. The van der Waals surface area contributed by atoms with Crippen LogP contribution in [0.15, 0.2) is 12.1 Å². The molecule has 1 aliphatic carbocycles. The molecule has 0 bridgehead atoms. The Morgan fingerprint density at radius 3 is 2.70 bits per heavy atom. The molecule has 0 aromatic carbocycles. The van der Waals surface area contributed by atoms with E-state index < -0.39 is 9.84 Å². The lowest BCUT2D eigenvalue weighted by molar-refractivity contribution is 0.256. The van der Waals surface area contributed by atoms with Gasteiger partial charge in [-0.1, -0.05) is 0 Å². The van der Waals surface area contributed by atoms with E-state index in [4.69, 9.17) is 0 Å². The van der Waals surface area contributed by atoms with E-state index in [1.54, 1.807) is 0 Å². The maximum Gasteiger partial charge on any atom is 0.151 e. The summed E-state index contributed by atoms with van der Waals surface area (Å²) >= 11 is 1.84. The summed E-state index contributed by atoms with van der Waals surface area (Å²) in [5.41, 5.74) is 0. The molecule has 0 spiro atoms. The largest absolute Gasteiger partial charge is 0.309 e. The molecule has 20 heavy (non-hydrogen) atoms. The van der Waals surface area contributed by atoms with Gasteiger partial charge in [0.05, 0.1) is 11.5 Å². The number of thiophene rings is 1. The third-order valence-electron chi connectivity index (χ3n) is 4.10. The first kappa shape index (κ1) is 14.5. The van der Waals surface area contributed by atoms with Gasteiger partial charge in [0, 0.05) is 34.9 Å². The van der Waals surface area contributed by atoms with Gasteiger partial charge in [0.25, 0.3) is 0 Å². The van der Waals surface area contributed by atoms with Gasteiger partial charge in [-0.25, -0.2) is 8.42 Å². The van der Waals surface area contributed by atoms with Crippen molar-refractivity contribution in [2.75, 3.05) is 18.6 Å². The summed E-state index contributed by atoms with van der Waals surface area (Å²) in [6, 6.07) is 5.30. The molecule has 1 saturated carbocycles. The van der Waals surface area contributed by atoms with Crippen molar-refractivity contribution in [1.29, 1.82) is 0 Å². The van der Waals surface area contributed by atoms with E-state index in [0.717, 1.165) is 25.6 Å². The van der Waals surface area contributed by atoms with Crippen LogP contribution in [0, 0.1) is 0 Å². The van der Waals surface area contributed by atoms with Gasteiger partial charge in [0.1, 0.15) is 0 Å². The van der Waals surface area contributed by atoms with E-state index in [9.17, 15) is 8.42 Å². The molecule has 3 rings (SSSR count). The Morgan fingerprint density at radius 1 is 1.30 bits per heavy atom. The van der Waals surface area contributed by atoms with Gasteiger partial charge >= 0.3 is 0 Å². The SMILES string of the molecule is CN(Cc1ccc(CNC2CC2)s1)C1CCS(=O)(=O)C1. The highest BCUT2D eigenvalue weighted by molar-refractivity contribution is 7.91. The summed E-state index contributed by atoms with van der Waals surface area (Å²) in [5, 5.41) is 3.52. The second-order valence-corrected chi connectivity index (χ2v) is 9.48. The van der Waals surface area contributed by atoms with E-state index in [2.05, 4.69) is 22.3 Å². The zero-order chi connectivity index (χ0) is 14.2. The van der Waals surface area contributed by atoms with Crippen molar-refractivity contribution in [2.45, 2.75) is 44.4 Å². The molecule has 1 aliphatic heterocycles. The molecule has 1 unspecified atom stereocenters. The number of nitrogens with one attached hydrogen (secondary N) is 1. The second kappa shape index (κ2) is 5.75. The van der Waals surface area contributed by atoms with E-state index >= 15 is 0 Å². The van der Waals surface area contributed by atoms with Crippen LogP contribution >= 0.6 is 11.3 Å². The Labute approximate surface area is 125 Å². The third kappa shape index (κ3) is 3.81. The van der Waals surface area contributed by atoms with Gasteiger partial charge in [0.2, 0.25) is 0 Å². The van der Waals surface area contributed by atoms with Crippen LogP contribution in [0.2, 0.25) is 0 Å². The minimum Gasteiger partial charge on any atom is -0.309 e. The lowest BCUT2D eigenvalue weighted by Crippen LogP contribution is -2.31. The molecular formula is C14H22N2O2S2. The molecule has 2 heterocycles. The van der Waals surface area contributed by atoms with Crippen molar-refractivity contribution in [2.24, 2.45) is 0 Å². The molecule has 6 heteroatoms. The highest BCUT2D eigenvalue weighted by Crippen LogP contribution is 2.24. The van der Waals surface area contributed by atoms with Gasteiger partial charge < -0.3 is 5.32 Å². The first-order valence-corrected chi connectivity index (χ1v) is 9.87. The highest BCUT2D eigenvalue weighted by Gasteiger charge is 2.30. The monoisotopic (exact) mass is 314 g/mol. The first-order valence-electron chi connectivity index (χ1n) is 7.23. The normalized spacial score (nSPS) is 25.4. The van der Waals surface area contributed by atoms with Gasteiger partial charge in [-0.3, -0.25) is 4.90 Å². The molecule has 1 aromatic rings. The molecule has 0 amide bonds. The third-order valence-corrected chi connectivity index (χ3v) is 6.92. The van der Waals surface area contributed by atoms with Gasteiger partial charge in [0.15, 0.2) is 9.84 Å². The fraction of sp³-hybridized carbons (Fsp3) is 0.714. The fourth-order valence-electron chi connectivity index (χ4n) is 2.63. The van der Waals surface area contributed by atoms with Crippen molar-refractivity contribution in [1.82, 2.24) is 10.2 Å². The highest BCUT2D eigenvalue weighted by atomic mass is 32.2. The summed E-state index contributed by atoms with van der Waals surface area (Å²) in [6.45, 7) is 1.82. The van der Waals surface area contributed by atoms with E-state index in [1.165, 1.54) is 22.6 Å². The molecular weight excluding hydrogens is 292 g/mol. The summed E-state index contributed by atoms with van der Waals surface area (Å²) < 4.78 is 23.0. The van der Waals surface area contributed by atoms with Crippen LogP contribution in [-0.4, -0.2) is 44.0 Å². The van der Waals surface area contributed by atoms with E-state index in [0.29, 0.717) is 11.5 Å². The van der Waals surface area contributed by atoms with Crippen LogP contribution in [0.3, 0.4) is 0 Å². The topological polar surface area (TPSA) is 49.4 Å². The van der Waals surface area contributed by atoms with Crippen molar-refractivity contribution >= 4 is 21.2 Å². The van der Waals surface area contributed by atoms with Gasteiger partial charge in [-0.05, 0) is 38.4 Å². The summed E-state index contributed by atoms with van der Waals surface area (Å²) in [5.74, 6) is 0.675. The lowest BCUT2D eigenvalue weighted by atomic mass is 10.2. The average molecular weight is 314 g/mol. The average Bonchev–Trinajstić information content (AvgIpc) is 3.00. The van der Waals surface area contributed by atoms with Gasteiger partial charge in [-0.2, -0.15) is 0 Å². The van der Waals surface area contributed by atoms with Gasteiger partial charge in [-0.15, -0.1) is 11.3 Å². The van der Waals surface area contributed by atoms with E-state index in [-0.39, 0.29) is 6.04 Å². The molecule has 1 N–H and O–H groups in total. The Hall–Kier alpha value is -0.430. The standard InChI is InChI=1S/C14H22N2O2S2/c1-16(12-6-7-20(17,18)10-12)9-14-5-4-13(19-14)8-15-11-2-3-11/h4-5,11-12,15H,2-3,6-10H2,1H3. The molecule has 4 nitrogen and oxygen atoms in total. The maximum absolute atomic E-state index is 11.5. The van der Waals surface area contributed by atoms with Crippen LogP contribution in [-0.2, 0) is 22.9 Å². The van der Waals surface area contributed by atoms with Crippen LogP contribution in [0.1, 0.15) is 29.0 Å². The van der Waals surface area contributed by atoms with Crippen LogP contribution in [0.4, 0.5) is 0 Å². The maximum atomic E-state index is 11.5. The Kier molecular flexibility index (Phi) is 4.17. The number of nitrogens with zero attached hydrogens (tertiary/aromatic N) is 1. The molecule has 1 aromatic heterocycles. The lowest BCUT2D eigenvalue weighted by Gasteiger charge is -2.22. The van der Waals surface area contributed by atoms with Crippen molar-refractivity contribution < 1.29 is 8.42 Å². The molecule has 2 aliphatic rings. The van der Waals surface area contributed by atoms with Crippen LogP contribution in [0.5, 0.6) is 0 Å². The Balaban J connectivity index is 1.51. The summed E-state index contributed by atoms with van der Waals surface area (Å²) in [7, 11) is -0.752. The zero-order valence-electron chi connectivity index (χ0n) is 11.8. The Bertz CT molecular complexity index is 563. The fourth-order valence-corrected chi connectivity index (χ4v) is 5.47. The van der Waals surface area contributed by atoms with Crippen LogP contribution in [0.25, 0.3) is 0 Å². The smallest absolute Gasteiger partial charge is 0.151 e. The number of hydrogen-bond donors (Lipinski definition) is 1. The Morgan fingerprint density at radius 2 is 2.05 bits per heavy atom. The van der Waals surface area contributed by atoms with Crippen molar-refractivity contribution in [3.05, 3.63) is 21.9 Å². The summed E-state index contributed by atoms with van der Waals surface area (Å²) in [4.78, 5) is 4.89. The molecule has 112 valence electrons. The van der Waals surface area contributed by atoms with Crippen LogP contribution < -0.4 is 5.32 Å². The minimum atomic E-state index is -2.79. The molecule has 1 saturated heterocycles. The predicted molar refractivity (Wildman–Crippen MR) is 82.7 cm³/mol. The first-order chi connectivity index (χ1) is 9.52. The molecule has 2 fully saturated rings. The predicted octanol–water partition coefficient (Wildman–Crippen LogP) is 1.62. The summed E-state index contributed by atoms with van der Waals surface area (Å²) in [6.07, 6.45) is 3.41. The quantitative estimate of drug-likeness (QED) is 0.867. The minimum absolute atomic E-state index is 0.190. The number of sulfone groups is 1. The zero-order valence-corrected chi connectivity index (χ0v) is 13.5.